The zero-order valence-corrected chi connectivity index (χ0v) is 8.42. The molecule has 74 valence electrons. The molecular formula is C12H15NO. The van der Waals surface area contributed by atoms with Crippen LogP contribution < -0.4 is 5.32 Å². The van der Waals surface area contributed by atoms with E-state index in [-0.39, 0.29) is 0 Å². The number of hydrogen-bond acceptors (Lipinski definition) is 2. The number of likely N-dealkylation sites (N-methyl/N-ethyl adjacent to an activating group) is 1. The topological polar surface area (TPSA) is 29.1 Å². The number of rotatable bonds is 2. The highest BCUT2D eigenvalue weighted by Gasteiger charge is 2.16. The predicted molar refractivity (Wildman–Crippen MR) is 56.7 cm³/mol. The Kier molecular flexibility index (Phi) is 2.64. The number of aldehydes is 1. The van der Waals surface area contributed by atoms with Crippen LogP contribution in [0.15, 0.2) is 18.2 Å². The van der Waals surface area contributed by atoms with Gasteiger partial charge in [0.2, 0.25) is 0 Å². The van der Waals surface area contributed by atoms with E-state index in [4.69, 9.17) is 0 Å². The lowest BCUT2D eigenvalue weighted by Crippen LogP contribution is -2.31. The Labute approximate surface area is 84.3 Å². The Morgan fingerprint density at radius 2 is 2.29 bits per heavy atom. The van der Waals surface area contributed by atoms with E-state index in [1.54, 1.807) is 0 Å². The highest BCUT2D eigenvalue weighted by Crippen LogP contribution is 2.21. The van der Waals surface area contributed by atoms with Crippen molar-refractivity contribution in [3.05, 3.63) is 34.9 Å². The van der Waals surface area contributed by atoms with Gasteiger partial charge in [-0.2, -0.15) is 0 Å². The van der Waals surface area contributed by atoms with Crippen LogP contribution in [-0.4, -0.2) is 19.4 Å². The normalized spacial score (nSPS) is 20.2. The average Bonchev–Trinajstić information content (AvgIpc) is 2.27. The number of fused-ring (bicyclic) bond motifs is 1. The molecule has 0 aromatic heterocycles. The van der Waals surface area contributed by atoms with Crippen molar-refractivity contribution in [2.24, 2.45) is 0 Å². The Morgan fingerprint density at radius 1 is 1.43 bits per heavy atom. The number of carbonyl (C=O) groups excluding carboxylic acids is 1. The van der Waals surface area contributed by atoms with Crippen molar-refractivity contribution in [3.63, 3.8) is 0 Å². The van der Waals surface area contributed by atoms with E-state index in [2.05, 4.69) is 11.4 Å². The number of nitrogens with one attached hydrogen (secondary N) is 1. The van der Waals surface area contributed by atoms with Crippen molar-refractivity contribution in [2.45, 2.75) is 25.3 Å². The van der Waals surface area contributed by atoms with E-state index < -0.39 is 0 Å². The Hall–Kier alpha value is -1.15. The van der Waals surface area contributed by atoms with Crippen LogP contribution in [-0.2, 0) is 12.8 Å². The van der Waals surface area contributed by atoms with E-state index in [0.29, 0.717) is 6.04 Å². The first kappa shape index (κ1) is 9.41. The monoisotopic (exact) mass is 189 g/mol. The minimum absolute atomic E-state index is 0.601. The smallest absolute Gasteiger partial charge is 0.150 e. The van der Waals surface area contributed by atoms with E-state index in [1.807, 2.05) is 19.2 Å². The van der Waals surface area contributed by atoms with Crippen LogP contribution in [0.5, 0.6) is 0 Å². The van der Waals surface area contributed by atoms with Gasteiger partial charge in [0.15, 0.2) is 0 Å². The van der Waals surface area contributed by atoms with Gasteiger partial charge in [-0.3, -0.25) is 4.79 Å². The molecule has 0 fully saturated rings. The molecule has 0 bridgehead atoms. The highest BCUT2D eigenvalue weighted by atomic mass is 16.1. The second-order valence-corrected chi connectivity index (χ2v) is 3.87. The molecule has 0 heterocycles. The van der Waals surface area contributed by atoms with Crippen LogP contribution in [0.3, 0.4) is 0 Å². The van der Waals surface area contributed by atoms with Gasteiger partial charge in [0.05, 0.1) is 0 Å². The zero-order chi connectivity index (χ0) is 9.97. The third kappa shape index (κ3) is 1.70. The Balaban J connectivity index is 2.27. The molecule has 0 radical (unpaired) electrons. The molecule has 1 aliphatic carbocycles. The van der Waals surface area contributed by atoms with Gasteiger partial charge in [0, 0.05) is 11.6 Å². The molecule has 0 amide bonds. The SMILES string of the molecule is CN[C@H]1CCc2cc(C=O)ccc2C1. The fraction of sp³-hybridized carbons (Fsp3) is 0.417. The second kappa shape index (κ2) is 3.93. The molecule has 14 heavy (non-hydrogen) atoms. The van der Waals surface area contributed by atoms with E-state index in [0.717, 1.165) is 24.7 Å². The summed E-state index contributed by atoms with van der Waals surface area (Å²) >= 11 is 0. The van der Waals surface area contributed by atoms with E-state index in [9.17, 15) is 4.79 Å². The molecule has 1 aromatic rings. The van der Waals surface area contributed by atoms with Gasteiger partial charge >= 0.3 is 0 Å². The molecule has 0 aliphatic heterocycles. The van der Waals surface area contributed by atoms with Crippen molar-refractivity contribution >= 4 is 6.29 Å². The number of hydrogen-bond donors (Lipinski definition) is 1. The lowest BCUT2D eigenvalue weighted by Gasteiger charge is -2.24. The fourth-order valence-corrected chi connectivity index (χ4v) is 2.09. The summed E-state index contributed by atoms with van der Waals surface area (Å²) in [5.41, 5.74) is 3.54. The van der Waals surface area contributed by atoms with Crippen LogP contribution in [0.1, 0.15) is 27.9 Å². The molecule has 1 aromatic carbocycles. The Bertz CT molecular complexity index is 346. The first-order valence-electron chi connectivity index (χ1n) is 5.07. The Morgan fingerprint density at radius 3 is 3.00 bits per heavy atom. The molecule has 1 N–H and O–H groups in total. The van der Waals surface area contributed by atoms with Gasteiger partial charge in [-0.15, -0.1) is 0 Å². The van der Waals surface area contributed by atoms with Crippen molar-refractivity contribution in [2.75, 3.05) is 7.05 Å². The van der Waals surface area contributed by atoms with Gasteiger partial charge in [-0.1, -0.05) is 12.1 Å². The van der Waals surface area contributed by atoms with Crippen LogP contribution in [0, 0.1) is 0 Å². The van der Waals surface area contributed by atoms with Gasteiger partial charge in [-0.25, -0.2) is 0 Å². The van der Waals surface area contributed by atoms with E-state index in [1.165, 1.54) is 17.5 Å². The summed E-state index contributed by atoms with van der Waals surface area (Å²) in [6, 6.07) is 6.62. The summed E-state index contributed by atoms with van der Waals surface area (Å²) in [6.07, 6.45) is 4.27. The second-order valence-electron chi connectivity index (χ2n) is 3.87. The summed E-state index contributed by atoms with van der Waals surface area (Å²) < 4.78 is 0. The maximum atomic E-state index is 10.6. The maximum absolute atomic E-state index is 10.6. The summed E-state index contributed by atoms with van der Waals surface area (Å²) in [5, 5.41) is 3.30. The molecule has 1 aliphatic rings. The number of benzene rings is 1. The fourth-order valence-electron chi connectivity index (χ4n) is 2.09. The molecule has 2 nitrogen and oxygen atoms in total. The molecule has 0 saturated carbocycles. The molecule has 2 rings (SSSR count). The molecule has 2 heteroatoms. The van der Waals surface area contributed by atoms with Crippen LogP contribution in [0.2, 0.25) is 0 Å². The van der Waals surface area contributed by atoms with E-state index >= 15 is 0 Å². The third-order valence-corrected chi connectivity index (χ3v) is 3.00. The maximum Gasteiger partial charge on any atom is 0.150 e. The van der Waals surface area contributed by atoms with Gasteiger partial charge in [0.25, 0.3) is 0 Å². The van der Waals surface area contributed by atoms with Crippen molar-refractivity contribution in [3.8, 4) is 0 Å². The average molecular weight is 189 g/mol. The van der Waals surface area contributed by atoms with Crippen LogP contribution in [0.4, 0.5) is 0 Å². The lowest BCUT2D eigenvalue weighted by atomic mass is 9.87. The molecule has 0 spiro atoms. The standard InChI is InChI=1S/C12H15NO/c1-13-12-5-4-10-6-9(8-14)2-3-11(10)7-12/h2-3,6,8,12-13H,4-5,7H2,1H3/t12-/m0/s1. The van der Waals surface area contributed by atoms with Gasteiger partial charge in [-0.05, 0) is 43.5 Å². The molecule has 1 atom stereocenters. The van der Waals surface area contributed by atoms with Crippen molar-refractivity contribution in [1.82, 2.24) is 5.32 Å². The number of aryl methyl sites for hydroxylation is 1. The van der Waals surface area contributed by atoms with Crippen LogP contribution >= 0.6 is 0 Å². The van der Waals surface area contributed by atoms with Crippen molar-refractivity contribution < 1.29 is 4.79 Å². The summed E-state index contributed by atoms with van der Waals surface area (Å²) in [4.78, 5) is 10.6. The van der Waals surface area contributed by atoms with Crippen LogP contribution in [0.25, 0.3) is 0 Å². The molecular weight excluding hydrogens is 174 g/mol. The molecule has 0 saturated heterocycles. The summed E-state index contributed by atoms with van der Waals surface area (Å²) in [6.45, 7) is 0. The highest BCUT2D eigenvalue weighted by molar-refractivity contribution is 5.75. The quantitative estimate of drug-likeness (QED) is 0.716. The first-order chi connectivity index (χ1) is 6.83. The molecule has 0 unspecified atom stereocenters. The summed E-state index contributed by atoms with van der Waals surface area (Å²) in [7, 11) is 2.01. The number of carbonyl (C=O) groups is 1. The summed E-state index contributed by atoms with van der Waals surface area (Å²) in [5.74, 6) is 0. The zero-order valence-electron chi connectivity index (χ0n) is 8.42. The minimum Gasteiger partial charge on any atom is -0.317 e. The van der Waals surface area contributed by atoms with Gasteiger partial charge < -0.3 is 5.32 Å². The third-order valence-electron chi connectivity index (χ3n) is 3.00. The first-order valence-corrected chi connectivity index (χ1v) is 5.07. The van der Waals surface area contributed by atoms with Crippen molar-refractivity contribution in [1.29, 1.82) is 0 Å². The predicted octanol–water partition coefficient (Wildman–Crippen LogP) is 1.58. The van der Waals surface area contributed by atoms with Gasteiger partial charge in [0.1, 0.15) is 6.29 Å². The largest absolute Gasteiger partial charge is 0.317 e. The lowest BCUT2D eigenvalue weighted by molar-refractivity contribution is 0.112. The minimum atomic E-state index is 0.601.